The number of hydrogen-bond donors (Lipinski definition) is 0. The molecule has 26 heavy (non-hydrogen) atoms. The third kappa shape index (κ3) is 4.00. The molecule has 0 saturated heterocycles. The van der Waals surface area contributed by atoms with E-state index in [0.29, 0.717) is 17.9 Å². The van der Waals surface area contributed by atoms with Gasteiger partial charge in [-0.1, -0.05) is 42.5 Å². The van der Waals surface area contributed by atoms with Crippen molar-refractivity contribution in [1.29, 1.82) is 0 Å². The number of fused-ring (bicyclic) bond motifs is 1. The van der Waals surface area contributed by atoms with Crippen LogP contribution in [0, 0.1) is 0 Å². The van der Waals surface area contributed by atoms with Crippen molar-refractivity contribution in [2.45, 2.75) is 4.90 Å². The van der Waals surface area contributed by atoms with Crippen LogP contribution in [-0.4, -0.2) is 45.3 Å². The fourth-order valence-corrected chi connectivity index (χ4v) is 3.78. The van der Waals surface area contributed by atoms with Crippen LogP contribution in [0.1, 0.15) is 11.1 Å². The molecule has 134 valence electrons. The van der Waals surface area contributed by atoms with E-state index in [0.717, 1.165) is 5.56 Å². The summed E-state index contributed by atoms with van der Waals surface area (Å²) < 4.78 is 33.1. The molecular formula is C19H18N2O4S. The highest BCUT2D eigenvalue weighted by molar-refractivity contribution is 7.90. The quantitative estimate of drug-likeness (QED) is 0.596. The molecule has 1 heterocycles. The molecule has 6 nitrogen and oxygen atoms in total. The van der Waals surface area contributed by atoms with Crippen LogP contribution in [0.4, 0.5) is 0 Å². The minimum atomic E-state index is -3.65. The van der Waals surface area contributed by atoms with E-state index in [-0.39, 0.29) is 11.5 Å². The molecule has 0 aromatic heterocycles. The maximum absolute atomic E-state index is 12.1. The van der Waals surface area contributed by atoms with Crippen LogP contribution in [0.25, 0.3) is 6.08 Å². The minimum Gasteiger partial charge on any atom is -0.461 e. The van der Waals surface area contributed by atoms with Gasteiger partial charge in [-0.15, -0.1) is 4.40 Å². The summed E-state index contributed by atoms with van der Waals surface area (Å²) in [4.78, 5) is 13.6. The van der Waals surface area contributed by atoms with Gasteiger partial charge in [-0.05, 0) is 23.8 Å². The number of esters is 1. The molecule has 0 fully saturated rings. The fraction of sp³-hybridized carbons (Fsp3) is 0.158. The number of amidine groups is 1. The zero-order valence-electron chi connectivity index (χ0n) is 14.2. The van der Waals surface area contributed by atoms with E-state index in [1.807, 2.05) is 30.3 Å². The lowest BCUT2D eigenvalue weighted by Gasteiger charge is -2.18. The largest absolute Gasteiger partial charge is 0.461 e. The summed E-state index contributed by atoms with van der Waals surface area (Å²) in [5.41, 5.74) is 1.47. The first kappa shape index (κ1) is 17.9. The maximum Gasteiger partial charge on any atom is 0.330 e. The molecule has 0 radical (unpaired) electrons. The molecule has 7 heteroatoms. The summed E-state index contributed by atoms with van der Waals surface area (Å²) in [6.07, 6.45) is 3.04. The van der Waals surface area contributed by atoms with Gasteiger partial charge >= 0.3 is 5.97 Å². The predicted octanol–water partition coefficient (Wildman–Crippen LogP) is 2.32. The van der Waals surface area contributed by atoms with E-state index in [4.69, 9.17) is 4.74 Å². The van der Waals surface area contributed by atoms with Gasteiger partial charge in [-0.3, -0.25) is 0 Å². The van der Waals surface area contributed by atoms with Crippen LogP contribution in [-0.2, 0) is 19.6 Å². The van der Waals surface area contributed by atoms with Crippen molar-refractivity contribution >= 4 is 27.9 Å². The second-order valence-electron chi connectivity index (χ2n) is 5.72. The van der Waals surface area contributed by atoms with E-state index in [2.05, 4.69) is 4.40 Å². The lowest BCUT2D eigenvalue weighted by atomic mass is 10.2. The van der Waals surface area contributed by atoms with Crippen LogP contribution in [0.15, 0.2) is 70.0 Å². The Balaban J connectivity index is 1.56. The lowest BCUT2D eigenvalue weighted by Crippen LogP contribution is -2.30. The van der Waals surface area contributed by atoms with E-state index in [1.165, 1.54) is 12.1 Å². The molecule has 1 aliphatic rings. The third-order valence-electron chi connectivity index (χ3n) is 3.86. The first-order valence-corrected chi connectivity index (χ1v) is 9.47. The van der Waals surface area contributed by atoms with Gasteiger partial charge in [0.2, 0.25) is 0 Å². The standard InChI is InChI=1S/C19H18N2O4S/c1-21(19-16-9-5-6-10-17(16)26(23,24)20-19)13-14-25-18(22)12-11-15-7-3-2-4-8-15/h2-12H,13-14H2,1H3/b12-11+. The van der Waals surface area contributed by atoms with Crippen molar-refractivity contribution in [2.75, 3.05) is 20.2 Å². The Bertz CT molecular complexity index is 966. The van der Waals surface area contributed by atoms with E-state index in [1.54, 1.807) is 36.2 Å². The number of benzene rings is 2. The zero-order chi connectivity index (χ0) is 18.6. The number of ether oxygens (including phenoxy) is 1. The van der Waals surface area contributed by atoms with Crippen LogP contribution >= 0.6 is 0 Å². The SMILES string of the molecule is CN(CCOC(=O)/C=C/c1ccccc1)C1=NS(=O)(=O)c2ccccc21. The second-order valence-corrected chi connectivity index (χ2v) is 7.29. The fourth-order valence-electron chi connectivity index (χ4n) is 2.53. The number of rotatable bonds is 5. The topological polar surface area (TPSA) is 76.0 Å². The summed E-state index contributed by atoms with van der Waals surface area (Å²) in [6, 6.07) is 16.1. The van der Waals surface area contributed by atoms with Crippen LogP contribution in [0.2, 0.25) is 0 Å². The Morgan fingerprint density at radius 1 is 1.12 bits per heavy atom. The van der Waals surface area contributed by atoms with Crippen molar-refractivity contribution < 1.29 is 17.9 Å². The number of sulfonamides is 1. The van der Waals surface area contributed by atoms with E-state index >= 15 is 0 Å². The maximum atomic E-state index is 12.1. The summed E-state index contributed by atoms with van der Waals surface area (Å²) >= 11 is 0. The molecule has 3 rings (SSSR count). The monoisotopic (exact) mass is 370 g/mol. The third-order valence-corrected chi connectivity index (χ3v) is 5.18. The van der Waals surface area contributed by atoms with Gasteiger partial charge in [-0.2, -0.15) is 8.42 Å². The van der Waals surface area contributed by atoms with Crippen molar-refractivity contribution in [1.82, 2.24) is 4.90 Å². The Hall–Kier alpha value is -2.93. The molecule has 1 aliphatic heterocycles. The highest BCUT2D eigenvalue weighted by Gasteiger charge is 2.30. The van der Waals surface area contributed by atoms with Gasteiger partial charge in [0.15, 0.2) is 5.84 Å². The van der Waals surface area contributed by atoms with E-state index in [9.17, 15) is 13.2 Å². The van der Waals surface area contributed by atoms with Crippen LogP contribution in [0.3, 0.4) is 0 Å². The minimum absolute atomic E-state index is 0.121. The van der Waals surface area contributed by atoms with Crippen LogP contribution < -0.4 is 0 Å². The number of likely N-dealkylation sites (N-methyl/N-ethyl adjacent to an activating group) is 1. The second kappa shape index (κ2) is 7.53. The van der Waals surface area contributed by atoms with Crippen molar-refractivity contribution in [3.63, 3.8) is 0 Å². The number of carbonyl (C=O) groups excluding carboxylic acids is 1. The molecule has 0 unspecified atom stereocenters. The summed E-state index contributed by atoms with van der Waals surface area (Å²) in [5, 5.41) is 0. The molecule has 0 atom stereocenters. The average Bonchev–Trinajstić information content (AvgIpc) is 2.92. The average molecular weight is 370 g/mol. The van der Waals surface area contributed by atoms with Gasteiger partial charge in [0, 0.05) is 18.7 Å². The van der Waals surface area contributed by atoms with Gasteiger partial charge in [0.1, 0.15) is 11.5 Å². The summed E-state index contributed by atoms with van der Waals surface area (Å²) in [6.45, 7) is 0.448. The van der Waals surface area contributed by atoms with E-state index < -0.39 is 16.0 Å². The Morgan fingerprint density at radius 2 is 1.81 bits per heavy atom. The predicted molar refractivity (Wildman–Crippen MR) is 99.2 cm³/mol. The summed E-state index contributed by atoms with van der Waals surface area (Å²) in [7, 11) is -1.94. The number of nitrogens with zero attached hydrogens (tertiary/aromatic N) is 2. The Kier molecular flexibility index (Phi) is 5.18. The molecule has 0 amide bonds. The highest BCUT2D eigenvalue weighted by atomic mass is 32.2. The van der Waals surface area contributed by atoms with Gasteiger partial charge < -0.3 is 9.64 Å². The first-order valence-electron chi connectivity index (χ1n) is 8.03. The Labute approximate surface area is 152 Å². The summed E-state index contributed by atoms with van der Waals surface area (Å²) in [5.74, 6) is -0.0971. The van der Waals surface area contributed by atoms with Gasteiger partial charge in [0.05, 0.1) is 6.54 Å². The molecule has 0 N–H and O–H groups in total. The smallest absolute Gasteiger partial charge is 0.330 e. The normalized spacial score (nSPS) is 14.7. The van der Waals surface area contributed by atoms with Gasteiger partial charge in [0.25, 0.3) is 10.0 Å². The molecule has 0 saturated carbocycles. The zero-order valence-corrected chi connectivity index (χ0v) is 15.0. The van der Waals surface area contributed by atoms with Crippen LogP contribution in [0.5, 0.6) is 0 Å². The number of hydrogen-bond acceptors (Lipinski definition) is 5. The van der Waals surface area contributed by atoms with Gasteiger partial charge in [-0.25, -0.2) is 4.79 Å². The highest BCUT2D eigenvalue weighted by Crippen LogP contribution is 2.26. The number of carbonyl (C=O) groups is 1. The molecule has 0 spiro atoms. The van der Waals surface area contributed by atoms with Crippen molar-refractivity contribution in [3.05, 3.63) is 71.8 Å². The molecular weight excluding hydrogens is 352 g/mol. The lowest BCUT2D eigenvalue weighted by molar-refractivity contribution is -0.137. The molecule has 2 aromatic carbocycles. The Morgan fingerprint density at radius 3 is 2.58 bits per heavy atom. The molecule has 0 bridgehead atoms. The van der Waals surface area contributed by atoms with Crippen molar-refractivity contribution in [3.8, 4) is 0 Å². The molecule has 2 aromatic rings. The molecule has 0 aliphatic carbocycles. The van der Waals surface area contributed by atoms with Crippen molar-refractivity contribution in [2.24, 2.45) is 4.40 Å². The first-order chi connectivity index (χ1) is 12.5.